The van der Waals surface area contributed by atoms with Crippen molar-refractivity contribution in [2.75, 3.05) is 6.61 Å². The molecule has 0 aromatic heterocycles. The number of rotatable bonds is 1. The molecule has 1 atom stereocenters. The first-order valence-corrected chi connectivity index (χ1v) is 4.23. The monoisotopic (exact) mass is 188 g/mol. The molecule has 1 aromatic rings. The standard InChI is InChI=1S/C10H8N2O2/c11-5-7-2-1-3-8(4-7)9-6-14-10(13)12-9/h1-4,9H,6H2,(H,12,13)/t9-/m0/s1. The molecule has 0 saturated carbocycles. The molecule has 0 aliphatic carbocycles. The zero-order valence-corrected chi connectivity index (χ0v) is 7.36. The molecule has 2 rings (SSSR count). The van der Waals surface area contributed by atoms with Gasteiger partial charge in [0, 0.05) is 0 Å². The van der Waals surface area contributed by atoms with Crippen molar-refractivity contribution in [1.82, 2.24) is 5.32 Å². The molecular formula is C10H8N2O2. The van der Waals surface area contributed by atoms with Crippen LogP contribution in [0.15, 0.2) is 24.3 Å². The van der Waals surface area contributed by atoms with Gasteiger partial charge in [0.25, 0.3) is 0 Å². The molecule has 1 aliphatic heterocycles. The Balaban J connectivity index is 2.24. The Morgan fingerprint density at radius 3 is 3.07 bits per heavy atom. The van der Waals surface area contributed by atoms with E-state index in [1.165, 1.54) is 0 Å². The van der Waals surface area contributed by atoms with Crippen LogP contribution in [0.4, 0.5) is 4.79 Å². The third kappa shape index (κ3) is 1.52. The molecule has 1 heterocycles. The second kappa shape index (κ2) is 3.38. The second-order valence-electron chi connectivity index (χ2n) is 3.03. The zero-order valence-electron chi connectivity index (χ0n) is 7.36. The minimum absolute atomic E-state index is 0.129. The molecule has 4 heteroatoms. The van der Waals surface area contributed by atoms with E-state index in [1.54, 1.807) is 18.2 Å². The number of nitrogens with zero attached hydrogens (tertiary/aromatic N) is 1. The van der Waals surface area contributed by atoms with Gasteiger partial charge in [0.15, 0.2) is 0 Å². The van der Waals surface area contributed by atoms with Crippen molar-refractivity contribution in [3.05, 3.63) is 35.4 Å². The Hall–Kier alpha value is -2.02. The Bertz CT molecular complexity index is 409. The number of nitriles is 1. The molecule has 1 amide bonds. The number of amides is 1. The molecule has 0 bridgehead atoms. The van der Waals surface area contributed by atoms with Gasteiger partial charge < -0.3 is 10.1 Å². The van der Waals surface area contributed by atoms with Crippen LogP contribution in [0, 0.1) is 11.3 Å². The number of cyclic esters (lactones) is 1. The topological polar surface area (TPSA) is 62.1 Å². The quantitative estimate of drug-likeness (QED) is 0.723. The summed E-state index contributed by atoms with van der Waals surface area (Å²) < 4.78 is 4.76. The summed E-state index contributed by atoms with van der Waals surface area (Å²) in [5.41, 5.74) is 1.48. The number of carbonyl (C=O) groups excluding carboxylic acids is 1. The summed E-state index contributed by atoms with van der Waals surface area (Å²) in [6, 6.07) is 9.04. The van der Waals surface area contributed by atoms with Gasteiger partial charge in [-0.2, -0.15) is 5.26 Å². The third-order valence-corrected chi connectivity index (χ3v) is 2.09. The molecule has 1 aromatic carbocycles. The summed E-state index contributed by atoms with van der Waals surface area (Å²) in [5.74, 6) is 0. The Labute approximate surface area is 81.1 Å². The number of benzene rings is 1. The molecule has 14 heavy (non-hydrogen) atoms. The van der Waals surface area contributed by atoms with Gasteiger partial charge in [-0.3, -0.25) is 0 Å². The number of carbonyl (C=O) groups is 1. The van der Waals surface area contributed by atoms with Crippen molar-refractivity contribution in [2.24, 2.45) is 0 Å². The van der Waals surface area contributed by atoms with E-state index in [2.05, 4.69) is 5.32 Å². The number of nitrogens with one attached hydrogen (secondary N) is 1. The van der Waals surface area contributed by atoms with Crippen LogP contribution in [0.5, 0.6) is 0 Å². The molecular weight excluding hydrogens is 180 g/mol. The normalized spacial score (nSPS) is 19.6. The van der Waals surface area contributed by atoms with Gasteiger partial charge in [-0.05, 0) is 17.7 Å². The van der Waals surface area contributed by atoms with Crippen molar-refractivity contribution in [1.29, 1.82) is 5.26 Å². The SMILES string of the molecule is N#Cc1cccc([C@@H]2COC(=O)N2)c1. The summed E-state index contributed by atoms with van der Waals surface area (Å²) in [6.07, 6.45) is -0.405. The average molecular weight is 188 g/mol. The molecule has 0 radical (unpaired) electrons. The van der Waals surface area contributed by atoms with Gasteiger partial charge in [0.1, 0.15) is 6.61 Å². The van der Waals surface area contributed by atoms with Crippen LogP contribution in [0.2, 0.25) is 0 Å². The lowest BCUT2D eigenvalue weighted by Crippen LogP contribution is -2.18. The zero-order chi connectivity index (χ0) is 9.97. The average Bonchev–Trinajstić information content (AvgIpc) is 2.65. The highest BCUT2D eigenvalue weighted by Gasteiger charge is 2.23. The van der Waals surface area contributed by atoms with Gasteiger partial charge in [0.05, 0.1) is 17.7 Å². The van der Waals surface area contributed by atoms with Gasteiger partial charge in [-0.15, -0.1) is 0 Å². The number of hydrogen-bond donors (Lipinski definition) is 1. The smallest absolute Gasteiger partial charge is 0.407 e. The maximum atomic E-state index is 10.8. The van der Waals surface area contributed by atoms with E-state index < -0.39 is 6.09 Å². The molecule has 4 nitrogen and oxygen atoms in total. The van der Waals surface area contributed by atoms with Crippen molar-refractivity contribution >= 4 is 6.09 Å². The van der Waals surface area contributed by atoms with E-state index in [9.17, 15) is 4.79 Å². The fraction of sp³-hybridized carbons (Fsp3) is 0.200. The molecule has 1 fully saturated rings. The van der Waals surface area contributed by atoms with E-state index in [0.29, 0.717) is 12.2 Å². The highest BCUT2D eigenvalue weighted by molar-refractivity contribution is 5.70. The van der Waals surface area contributed by atoms with Crippen LogP contribution in [0.3, 0.4) is 0 Å². The second-order valence-corrected chi connectivity index (χ2v) is 3.03. The predicted octanol–water partition coefficient (Wildman–Crippen LogP) is 1.34. The third-order valence-electron chi connectivity index (χ3n) is 2.09. The number of hydrogen-bond acceptors (Lipinski definition) is 3. The number of alkyl carbamates (subject to hydrolysis) is 1. The summed E-state index contributed by atoms with van der Waals surface area (Å²) in [5, 5.41) is 11.3. The minimum atomic E-state index is -0.405. The minimum Gasteiger partial charge on any atom is -0.447 e. The summed E-state index contributed by atoms with van der Waals surface area (Å²) in [6.45, 7) is 0.327. The van der Waals surface area contributed by atoms with Crippen LogP contribution >= 0.6 is 0 Å². The summed E-state index contributed by atoms with van der Waals surface area (Å²) in [4.78, 5) is 10.8. The largest absolute Gasteiger partial charge is 0.447 e. The van der Waals surface area contributed by atoms with Gasteiger partial charge in [-0.25, -0.2) is 4.79 Å². The van der Waals surface area contributed by atoms with E-state index >= 15 is 0 Å². The Morgan fingerprint density at radius 1 is 1.57 bits per heavy atom. The van der Waals surface area contributed by atoms with Gasteiger partial charge in [0.2, 0.25) is 0 Å². The van der Waals surface area contributed by atoms with E-state index in [0.717, 1.165) is 5.56 Å². The molecule has 1 aliphatic rings. The van der Waals surface area contributed by atoms with Gasteiger partial charge in [-0.1, -0.05) is 12.1 Å². The predicted molar refractivity (Wildman–Crippen MR) is 48.4 cm³/mol. The first-order valence-electron chi connectivity index (χ1n) is 4.23. The molecule has 1 N–H and O–H groups in total. The van der Waals surface area contributed by atoms with Crippen LogP contribution in [0.1, 0.15) is 17.2 Å². The first-order chi connectivity index (χ1) is 6.79. The highest BCUT2D eigenvalue weighted by Crippen LogP contribution is 2.18. The Kier molecular flexibility index (Phi) is 2.07. The molecule has 0 spiro atoms. The van der Waals surface area contributed by atoms with Crippen molar-refractivity contribution in [3.8, 4) is 6.07 Å². The van der Waals surface area contributed by atoms with E-state index in [1.807, 2.05) is 12.1 Å². The fourth-order valence-corrected chi connectivity index (χ4v) is 1.39. The lowest BCUT2D eigenvalue weighted by Gasteiger charge is -2.06. The van der Waals surface area contributed by atoms with Crippen LogP contribution < -0.4 is 5.32 Å². The molecule has 1 saturated heterocycles. The number of ether oxygens (including phenoxy) is 1. The lowest BCUT2D eigenvalue weighted by molar-refractivity contribution is 0.177. The summed E-state index contributed by atoms with van der Waals surface area (Å²) in [7, 11) is 0. The van der Waals surface area contributed by atoms with E-state index in [4.69, 9.17) is 10.00 Å². The van der Waals surface area contributed by atoms with Crippen LogP contribution in [0.25, 0.3) is 0 Å². The molecule has 70 valence electrons. The van der Waals surface area contributed by atoms with Crippen LogP contribution in [-0.4, -0.2) is 12.7 Å². The maximum Gasteiger partial charge on any atom is 0.407 e. The Morgan fingerprint density at radius 2 is 2.43 bits per heavy atom. The highest BCUT2D eigenvalue weighted by atomic mass is 16.6. The van der Waals surface area contributed by atoms with Crippen molar-refractivity contribution in [2.45, 2.75) is 6.04 Å². The molecule has 0 unspecified atom stereocenters. The maximum absolute atomic E-state index is 10.8. The van der Waals surface area contributed by atoms with Crippen molar-refractivity contribution in [3.63, 3.8) is 0 Å². The van der Waals surface area contributed by atoms with Crippen molar-refractivity contribution < 1.29 is 9.53 Å². The lowest BCUT2D eigenvalue weighted by atomic mass is 10.1. The van der Waals surface area contributed by atoms with E-state index in [-0.39, 0.29) is 6.04 Å². The summed E-state index contributed by atoms with van der Waals surface area (Å²) >= 11 is 0. The fourth-order valence-electron chi connectivity index (χ4n) is 1.39. The first kappa shape index (κ1) is 8.57. The van der Waals surface area contributed by atoms with Gasteiger partial charge >= 0.3 is 6.09 Å². The van der Waals surface area contributed by atoms with Crippen LogP contribution in [-0.2, 0) is 4.74 Å².